The van der Waals surface area contributed by atoms with E-state index in [9.17, 15) is 0 Å². The molecule has 3 nitrogen and oxygen atoms in total. The zero-order valence-corrected chi connectivity index (χ0v) is 10.7. The molecule has 2 aliphatic heterocycles. The minimum atomic E-state index is 0.656. The van der Waals surface area contributed by atoms with Crippen molar-refractivity contribution in [2.24, 2.45) is 0 Å². The Morgan fingerprint density at radius 2 is 2.00 bits per heavy atom. The monoisotopic (exact) mass is 231 g/mol. The van der Waals surface area contributed by atoms with Crippen molar-refractivity contribution in [3.63, 3.8) is 0 Å². The molecule has 2 fully saturated rings. The number of pyridine rings is 1. The van der Waals surface area contributed by atoms with E-state index in [0.717, 1.165) is 17.9 Å². The lowest BCUT2D eigenvalue weighted by atomic mass is 9.98. The van der Waals surface area contributed by atoms with Crippen molar-refractivity contribution in [1.29, 1.82) is 0 Å². The van der Waals surface area contributed by atoms with Gasteiger partial charge < -0.3 is 10.2 Å². The van der Waals surface area contributed by atoms with Gasteiger partial charge in [0, 0.05) is 31.4 Å². The molecule has 0 saturated carbocycles. The van der Waals surface area contributed by atoms with E-state index in [-0.39, 0.29) is 0 Å². The maximum absolute atomic E-state index is 4.49. The van der Waals surface area contributed by atoms with E-state index in [2.05, 4.69) is 41.3 Å². The standard InChI is InChI=1S/C14H21N3/c1-10-5-6-15-14(7-10)17(2)13-8-11-3-4-12(9-13)16-11/h5-7,11-13,16H,3-4,8-9H2,1-2H3. The molecule has 2 aliphatic rings. The van der Waals surface area contributed by atoms with Crippen LogP contribution in [-0.4, -0.2) is 30.2 Å². The lowest BCUT2D eigenvalue weighted by molar-refractivity contribution is 0.354. The Hall–Kier alpha value is -1.09. The van der Waals surface area contributed by atoms with Crippen molar-refractivity contribution in [3.05, 3.63) is 23.9 Å². The zero-order chi connectivity index (χ0) is 11.8. The second-order valence-electron chi connectivity index (χ2n) is 5.57. The van der Waals surface area contributed by atoms with Gasteiger partial charge in [0.25, 0.3) is 0 Å². The van der Waals surface area contributed by atoms with E-state index in [1.807, 2.05) is 6.20 Å². The molecule has 1 aromatic heterocycles. The molecule has 0 spiro atoms. The molecule has 2 saturated heterocycles. The molecular weight excluding hydrogens is 210 g/mol. The lowest BCUT2D eigenvalue weighted by Gasteiger charge is -2.36. The van der Waals surface area contributed by atoms with Gasteiger partial charge in [-0.25, -0.2) is 4.98 Å². The highest BCUT2D eigenvalue weighted by molar-refractivity contribution is 5.41. The number of rotatable bonds is 2. The van der Waals surface area contributed by atoms with Gasteiger partial charge in [0.1, 0.15) is 5.82 Å². The summed E-state index contributed by atoms with van der Waals surface area (Å²) in [5, 5.41) is 3.69. The van der Waals surface area contributed by atoms with Gasteiger partial charge in [-0.1, -0.05) is 0 Å². The Labute approximate surface area is 103 Å². The van der Waals surface area contributed by atoms with Crippen LogP contribution in [0.25, 0.3) is 0 Å². The molecule has 1 N–H and O–H groups in total. The summed E-state index contributed by atoms with van der Waals surface area (Å²) in [6.45, 7) is 2.13. The first-order valence-corrected chi connectivity index (χ1v) is 6.64. The smallest absolute Gasteiger partial charge is 0.128 e. The molecule has 92 valence electrons. The molecule has 3 heteroatoms. The van der Waals surface area contributed by atoms with Gasteiger partial charge in [-0.3, -0.25) is 0 Å². The summed E-state index contributed by atoms with van der Waals surface area (Å²) in [6.07, 6.45) is 7.16. The maximum atomic E-state index is 4.49. The number of fused-ring (bicyclic) bond motifs is 2. The van der Waals surface area contributed by atoms with Crippen LogP contribution in [0.1, 0.15) is 31.2 Å². The van der Waals surface area contributed by atoms with Crippen LogP contribution in [0.5, 0.6) is 0 Å². The van der Waals surface area contributed by atoms with Crippen LogP contribution in [0.2, 0.25) is 0 Å². The number of nitrogens with zero attached hydrogens (tertiary/aromatic N) is 2. The Kier molecular flexibility index (Phi) is 2.79. The van der Waals surface area contributed by atoms with E-state index in [0.29, 0.717) is 6.04 Å². The first kappa shape index (κ1) is 11.0. The first-order valence-electron chi connectivity index (χ1n) is 6.64. The number of anilines is 1. The van der Waals surface area contributed by atoms with Crippen molar-refractivity contribution in [2.45, 2.75) is 50.7 Å². The molecule has 0 amide bonds. The summed E-state index contributed by atoms with van der Waals surface area (Å²) in [5.74, 6) is 1.12. The average molecular weight is 231 g/mol. The Morgan fingerprint density at radius 1 is 1.29 bits per heavy atom. The Bertz CT molecular complexity index is 392. The summed E-state index contributed by atoms with van der Waals surface area (Å²) < 4.78 is 0. The SMILES string of the molecule is Cc1ccnc(N(C)C2CC3CCC(C2)N3)c1. The van der Waals surface area contributed by atoms with Crippen LogP contribution in [0, 0.1) is 6.92 Å². The van der Waals surface area contributed by atoms with E-state index < -0.39 is 0 Å². The van der Waals surface area contributed by atoms with Crippen LogP contribution in [0.15, 0.2) is 18.3 Å². The van der Waals surface area contributed by atoms with E-state index in [4.69, 9.17) is 0 Å². The number of aryl methyl sites for hydroxylation is 1. The van der Waals surface area contributed by atoms with Crippen LogP contribution in [0.3, 0.4) is 0 Å². The average Bonchev–Trinajstić information content (AvgIpc) is 2.67. The third-order valence-corrected chi connectivity index (χ3v) is 4.26. The topological polar surface area (TPSA) is 28.2 Å². The minimum absolute atomic E-state index is 0.656. The van der Waals surface area contributed by atoms with Crippen LogP contribution in [-0.2, 0) is 0 Å². The summed E-state index contributed by atoms with van der Waals surface area (Å²) in [4.78, 5) is 6.86. The fourth-order valence-corrected chi connectivity index (χ4v) is 3.24. The van der Waals surface area contributed by atoms with Crippen molar-refractivity contribution in [3.8, 4) is 0 Å². The number of hydrogen-bond acceptors (Lipinski definition) is 3. The summed E-state index contributed by atoms with van der Waals surface area (Å²) >= 11 is 0. The molecule has 0 radical (unpaired) electrons. The molecule has 0 aliphatic carbocycles. The Morgan fingerprint density at radius 3 is 2.65 bits per heavy atom. The van der Waals surface area contributed by atoms with Crippen molar-refractivity contribution in [2.75, 3.05) is 11.9 Å². The Balaban J connectivity index is 1.76. The third kappa shape index (κ3) is 2.16. The van der Waals surface area contributed by atoms with Crippen molar-refractivity contribution in [1.82, 2.24) is 10.3 Å². The molecule has 17 heavy (non-hydrogen) atoms. The largest absolute Gasteiger partial charge is 0.357 e. The van der Waals surface area contributed by atoms with Gasteiger partial charge in [-0.2, -0.15) is 0 Å². The van der Waals surface area contributed by atoms with E-state index in [1.165, 1.54) is 31.2 Å². The normalized spacial score (nSPS) is 31.5. The second-order valence-corrected chi connectivity index (χ2v) is 5.57. The highest BCUT2D eigenvalue weighted by atomic mass is 15.2. The highest BCUT2D eigenvalue weighted by Crippen LogP contribution is 2.30. The van der Waals surface area contributed by atoms with Gasteiger partial charge in [0.05, 0.1) is 0 Å². The van der Waals surface area contributed by atoms with Gasteiger partial charge in [-0.05, 0) is 50.3 Å². The number of aromatic nitrogens is 1. The molecule has 2 unspecified atom stereocenters. The quantitative estimate of drug-likeness (QED) is 0.845. The molecule has 3 rings (SSSR count). The summed E-state index contributed by atoms with van der Waals surface area (Å²) in [7, 11) is 2.19. The number of piperidine rings is 1. The molecule has 2 atom stereocenters. The molecule has 3 heterocycles. The predicted octanol–water partition coefficient (Wildman–Crippen LogP) is 2.11. The summed E-state index contributed by atoms with van der Waals surface area (Å²) in [6, 6.07) is 6.38. The molecule has 0 aromatic carbocycles. The zero-order valence-electron chi connectivity index (χ0n) is 10.7. The minimum Gasteiger partial charge on any atom is -0.357 e. The van der Waals surface area contributed by atoms with Gasteiger partial charge >= 0.3 is 0 Å². The van der Waals surface area contributed by atoms with Crippen LogP contribution < -0.4 is 10.2 Å². The second kappa shape index (κ2) is 4.30. The number of nitrogens with one attached hydrogen (secondary N) is 1. The van der Waals surface area contributed by atoms with Crippen LogP contribution >= 0.6 is 0 Å². The maximum Gasteiger partial charge on any atom is 0.128 e. The third-order valence-electron chi connectivity index (χ3n) is 4.26. The predicted molar refractivity (Wildman–Crippen MR) is 70.3 cm³/mol. The van der Waals surface area contributed by atoms with E-state index in [1.54, 1.807) is 0 Å². The molecule has 1 aromatic rings. The first-order chi connectivity index (χ1) is 8.22. The van der Waals surface area contributed by atoms with E-state index >= 15 is 0 Å². The van der Waals surface area contributed by atoms with Gasteiger partial charge in [0.2, 0.25) is 0 Å². The highest BCUT2D eigenvalue weighted by Gasteiger charge is 2.35. The molecule has 2 bridgehead atoms. The molecular formula is C14H21N3. The lowest BCUT2D eigenvalue weighted by Crippen LogP contribution is -2.47. The summed E-state index contributed by atoms with van der Waals surface area (Å²) in [5.41, 5.74) is 1.29. The van der Waals surface area contributed by atoms with Gasteiger partial charge in [-0.15, -0.1) is 0 Å². The number of hydrogen-bond donors (Lipinski definition) is 1. The fraction of sp³-hybridized carbons (Fsp3) is 0.643. The van der Waals surface area contributed by atoms with Gasteiger partial charge in [0.15, 0.2) is 0 Å². The van der Waals surface area contributed by atoms with Crippen molar-refractivity contribution >= 4 is 5.82 Å². The van der Waals surface area contributed by atoms with Crippen LogP contribution in [0.4, 0.5) is 5.82 Å². The van der Waals surface area contributed by atoms with Crippen molar-refractivity contribution < 1.29 is 0 Å². The fourth-order valence-electron chi connectivity index (χ4n) is 3.24.